The molecule has 0 saturated heterocycles. The van der Waals surface area contributed by atoms with Gasteiger partial charge >= 0.3 is 23.9 Å². The van der Waals surface area contributed by atoms with Gasteiger partial charge in [0, 0.05) is 18.7 Å². The van der Waals surface area contributed by atoms with Gasteiger partial charge < -0.3 is 44.3 Å². The molecule has 14 nitrogen and oxygen atoms in total. The van der Waals surface area contributed by atoms with E-state index in [1.807, 2.05) is 11.0 Å². The van der Waals surface area contributed by atoms with Crippen molar-refractivity contribution in [1.82, 2.24) is 4.90 Å². The number of allylic oxidation sites excluding steroid dienone is 1. The second-order valence-electron chi connectivity index (χ2n) is 25.2. The molecule has 86 heavy (non-hydrogen) atoms. The fraction of sp³-hybridized carbons (Fsp3) is 0.515. The topological polar surface area (TPSA) is 206 Å². The normalized spacial score (nSPS) is 23.4. The zero-order valence-electron chi connectivity index (χ0n) is 50.6. The maximum absolute atomic E-state index is 15.7. The van der Waals surface area contributed by atoms with Crippen LogP contribution in [0.25, 0.3) is 11.1 Å². The predicted molar refractivity (Wildman–Crippen MR) is 336 cm³/mol. The Morgan fingerprint density at radius 1 is 0.558 bits per heavy atom. The van der Waals surface area contributed by atoms with Gasteiger partial charge in [-0.05, 0) is 211 Å². The highest BCUT2D eigenvalue weighted by molar-refractivity contribution is 6.34. The summed E-state index contributed by atoms with van der Waals surface area (Å²) in [5.74, 6) is -1.48. The van der Waals surface area contributed by atoms with Crippen LogP contribution in [0.3, 0.4) is 0 Å². The molecule has 0 aromatic heterocycles. The molecule has 4 aromatic carbocycles. The highest BCUT2D eigenvalue weighted by Gasteiger charge is 2.61. The van der Waals surface area contributed by atoms with Crippen LogP contribution >= 0.6 is 46.4 Å². The molecule has 4 fully saturated rings. The maximum Gasteiger partial charge on any atom is 0.339 e. The van der Waals surface area contributed by atoms with Gasteiger partial charge in [-0.15, -0.1) is 0 Å². The van der Waals surface area contributed by atoms with Crippen LogP contribution in [-0.4, -0.2) is 96.1 Å². The second-order valence-corrected chi connectivity index (χ2v) is 26.8. The zero-order chi connectivity index (χ0) is 62.7. The summed E-state index contributed by atoms with van der Waals surface area (Å²) in [6.45, 7) is 12.6. The Morgan fingerprint density at radius 3 is 1.44 bits per heavy atom. The first-order chi connectivity index (χ1) is 40.8. The minimum atomic E-state index is -1.34. The third-order valence-corrected chi connectivity index (χ3v) is 21.3. The Bertz CT molecular complexity index is 3170. The molecule has 4 unspecified atom stereocenters. The minimum Gasteiger partial charge on any atom is -0.494 e. The summed E-state index contributed by atoms with van der Waals surface area (Å²) in [6.07, 6.45) is 18.2. The van der Waals surface area contributed by atoms with Gasteiger partial charge in [0.25, 0.3) is 0 Å². The molecular weight excluding hydrogens is 1180 g/mol. The summed E-state index contributed by atoms with van der Waals surface area (Å²) < 4.78 is 21.6. The molecule has 464 valence electrons. The van der Waals surface area contributed by atoms with Gasteiger partial charge in [-0.2, -0.15) is 0 Å². The number of fused-ring (bicyclic) bond motifs is 5. The number of carboxylic acid groups (broad SMARTS) is 4. The summed E-state index contributed by atoms with van der Waals surface area (Å²) in [7, 11) is 5.22. The molecule has 0 bridgehead atoms. The Labute approximate surface area is 525 Å². The van der Waals surface area contributed by atoms with E-state index in [9.17, 15) is 39.6 Å². The van der Waals surface area contributed by atoms with Gasteiger partial charge in [0.1, 0.15) is 22.3 Å². The molecule has 4 saturated carbocycles. The van der Waals surface area contributed by atoms with E-state index < -0.39 is 23.9 Å². The van der Waals surface area contributed by atoms with Crippen molar-refractivity contribution < 1.29 is 63.3 Å². The molecule has 0 spiro atoms. The Morgan fingerprint density at radius 2 is 1.00 bits per heavy atom. The van der Waals surface area contributed by atoms with Crippen LogP contribution in [-0.2, 0) is 4.79 Å². The lowest BCUT2D eigenvalue weighted by Gasteiger charge is -2.62. The van der Waals surface area contributed by atoms with Crippen molar-refractivity contribution in [3.05, 3.63) is 125 Å². The van der Waals surface area contributed by atoms with Gasteiger partial charge in [0.15, 0.2) is 23.0 Å². The van der Waals surface area contributed by atoms with Gasteiger partial charge in [-0.25, -0.2) is 19.2 Å². The largest absolute Gasteiger partial charge is 0.494 e. The van der Waals surface area contributed by atoms with Crippen molar-refractivity contribution in [2.45, 2.75) is 137 Å². The van der Waals surface area contributed by atoms with Crippen molar-refractivity contribution in [2.24, 2.45) is 52.3 Å². The molecule has 0 heterocycles. The van der Waals surface area contributed by atoms with E-state index >= 15 is 4.79 Å². The number of aromatic carboxylic acids is 4. The third kappa shape index (κ3) is 13.4. The third-order valence-electron chi connectivity index (χ3n) is 20.2. The summed E-state index contributed by atoms with van der Waals surface area (Å²) >= 11 is 26.8. The lowest BCUT2D eigenvalue weighted by molar-refractivity contribution is -0.139. The average Bonchev–Trinajstić information content (AvgIpc) is 1.35. The number of nitrogens with zero attached hydrogens (tertiary/aromatic N) is 1. The number of carbonyl (C=O) groups is 5. The van der Waals surface area contributed by atoms with Gasteiger partial charge in [-0.1, -0.05) is 106 Å². The van der Waals surface area contributed by atoms with Crippen LogP contribution in [0, 0.1) is 52.3 Å². The summed E-state index contributed by atoms with van der Waals surface area (Å²) in [5.41, 5.74) is 1.15. The van der Waals surface area contributed by atoms with E-state index in [0.29, 0.717) is 76.9 Å². The van der Waals surface area contributed by atoms with Crippen LogP contribution in [0.5, 0.6) is 23.0 Å². The molecule has 4 N–H and O–H groups in total. The Balaban J connectivity index is 1.16. The number of carbonyl (C=O) groups excluding carboxylic acids is 1. The van der Waals surface area contributed by atoms with Gasteiger partial charge in [0.2, 0.25) is 5.91 Å². The fourth-order valence-electron chi connectivity index (χ4n) is 16.1. The SMILES string of the molecule is COc1c(Cl)cc(C(=CCCCCN(C(=O)C=C(c2cc(Cl)c(OC)c(C(=O)O)c2)c2cc(Cl)c(OC)c(C(=O)O)c2)[C@H]2CC[C@]3(C)C4CC[C@@]5(C)C(CC[C@@H]5C(C)CCCC(C)C)C4CC[C@H]3C2)c2cc(Cl)c(OC)c(C(=O)O)c2)cc1C(=O)O. The molecule has 4 aliphatic carbocycles. The monoisotopic (exact) mass is 1260 g/mol. The number of hydrogen-bond acceptors (Lipinski definition) is 9. The standard InChI is InChI=1S/C68H81Cl4NO13/c1-36(2)14-13-15-37(3)51-19-20-52-45-18-17-42-34-43(21-23-67(42,4)53(45)22-24-68(51,52)5)73(58(74)35-46(40-28-49(65(79)80)61(85-8)56(71)32-40)41-29-50(66(81)82)62(86-9)57(72)33-41)25-12-10-11-16-44(38-26-47(63(75)76)59(83-6)54(69)30-38)39-27-48(64(77)78)60(84-7)55(70)31-39/h16,26-33,35-37,42-43,45,51-53H,10-15,17-25,34H2,1-9H3,(H,75,76)(H,77,78)(H,79,80)(H,81,82)/t37?,42-,43-,45?,51+,52?,53?,67-,68+/m0/s1. The smallest absolute Gasteiger partial charge is 0.339 e. The molecule has 4 aromatic rings. The Kier molecular flexibility index (Phi) is 21.2. The highest BCUT2D eigenvalue weighted by Crippen LogP contribution is 2.68. The van der Waals surface area contributed by atoms with Crippen LogP contribution in [0.15, 0.2) is 60.7 Å². The van der Waals surface area contributed by atoms with Crippen molar-refractivity contribution in [2.75, 3.05) is 35.0 Å². The van der Waals surface area contributed by atoms with E-state index in [0.717, 1.165) is 38.0 Å². The number of unbranched alkanes of at least 4 members (excludes halogenated alkanes) is 2. The lowest BCUT2D eigenvalue weighted by Crippen LogP contribution is -2.56. The van der Waals surface area contributed by atoms with Crippen LogP contribution in [0.4, 0.5) is 0 Å². The maximum atomic E-state index is 15.7. The van der Waals surface area contributed by atoms with Crippen LogP contribution in [0.1, 0.15) is 195 Å². The summed E-state index contributed by atoms with van der Waals surface area (Å²) in [6, 6.07) is 11.3. The molecule has 18 heteroatoms. The number of carboxylic acids is 4. The highest BCUT2D eigenvalue weighted by atomic mass is 35.5. The lowest BCUT2D eigenvalue weighted by atomic mass is 9.44. The van der Waals surface area contributed by atoms with E-state index in [-0.39, 0.29) is 106 Å². The molecule has 9 atom stereocenters. The number of methoxy groups -OCH3 is 4. The first kappa shape index (κ1) is 66.0. The first-order valence-electron chi connectivity index (χ1n) is 30.0. The van der Waals surface area contributed by atoms with Gasteiger partial charge in [-0.3, -0.25) is 4.79 Å². The number of hydrogen-bond donors (Lipinski definition) is 4. The van der Waals surface area contributed by atoms with Crippen LogP contribution in [0.2, 0.25) is 20.1 Å². The van der Waals surface area contributed by atoms with Crippen LogP contribution < -0.4 is 18.9 Å². The van der Waals surface area contributed by atoms with E-state index in [4.69, 9.17) is 65.4 Å². The minimum absolute atomic E-state index is 0.0175. The molecule has 0 aliphatic heterocycles. The number of benzene rings is 4. The Hall–Kier alpha value is -5.93. The number of halogens is 4. The number of rotatable bonds is 24. The average molecular weight is 1260 g/mol. The molecular formula is C68H81Cl4NO13. The van der Waals surface area contributed by atoms with Crippen molar-refractivity contribution in [3.8, 4) is 23.0 Å². The first-order valence-corrected chi connectivity index (χ1v) is 31.5. The molecule has 0 radical (unpaired) electrons. The second kappa shape index (κ2) is 27.6. The predicted octanol–water partition coefficient (Wildman–Crippen LogP) is 17.2. The number of ether oxygens (including phenoxy) is 4. The summed E-state index contributed by atoms with van der Waals surface area (Å²) in [4.78, 5) is 68.3. The van der Waals surface area contributed by atoms with Gasteiger partial charge in [0.05, 0.1) is 48.5 Å². The molecule has 8 rings (SSSR count). The van der Waals surface area contributed by atoms with E-state index in [1.165, 1.54) is 116 Å². The van der Waals surface area contributed by atoms with Crippen molar-refractivity contribution >= 4 is 87.3 Å². The van der Waals surface area contributed by atoms with E-state index in [1.54, 1.807) is 12.1 Å². The number of amides is 1. The zero-order valence-corrected chi connectivity index (χ0v) is 53.7. The fourth-order valence-corrected chi connectivity index (χ4v) is 17.3. The van der Waals surface area contributed by atoms with E-state index in [2.05, 4.69) is 34.6 Å². The quantitative estimate of drug-likeness (QED) is 0.0381. The molecule has 4 aliphatic rings. The summed E-state index contributed by atoms with van der Waals surface area (Å²) in [5, 5.41) is 41.2. The molecule has 1 amide bonds. The van der Waals surface area contributed by atoms with Crippen molar-refractivity contribution in [3.63, 3.8) is 0 Å². The van der Waals surface area contributed by atoms with Crippen molar-refractivity contribution in [1.29, 1.82) is 0 Å².